The molecule has 4 rings (SSSR count). The minimum absolute atomic E-state index is 0.105. The topological polar surface area (TPSA) is 82.7 Å². The minimum Gasteiger partial charge on any atom is -0.381 e. The van der Waals surface area contributed by atoms with E-state index in [1.165, 1.54) is 28.9 Å². The molecule has 0 aliphatic carbocycles. The van der Waals surface area contributed by atoms with Gasteiger partial charge in [0.05, 0.1) is 11.8 Å². The average molecular weight is 377 g/mol. The van der Waals surface area contributed by atoms with Crippen LogP contribution >= 0.6 is 11.6 Å². The van der Waals surface area contributed by atoms with E-state index in [4.69, 9.17) is 11.6 Å². The minimum atomic E-state index is -2.62. The first-order valence-corrected chi connectivity index (χ1v) is 8.54. The van der Waals surface area contributed by atoms with Crippen molar-refractivity contribution >= 4 is 29.0 Å². The molecule has 3 heterocycles. The van der Waals surface area contributed by atoms with Gasteiger partial charge in [-0.15, -0.1) is 0 Å². The second-order valence-electron chi connectivity index (χ2n) is 5.44. The van der Waals surface area contributed by atoms with Gasteiger partial charge in [-0.3, -0.25) is 0 Å². The van der Waals surface area contributed by atoms with E-state index in [0.717, 1.165) is 0 Å². The molecule has 0 saturated carbocycles. The van der Waals surface area contributed by atoms with E-state index in [2.05, 4.69) is 15.4 Å². The van der Waals surface area contributed by atoms with Crippen LogP contribution in [0.4, 0.5) is 10.1 Å². The maximum atomic E-state index is 14.5. The van der Waals surface area contributed by atoms with Gasteiger partial charge in [0.15, 0.2) is 5.65 Å². The number of fused-ring (bicyclic) bond motifs is 2. The Morgan fingerprint density at radius 1 is 1.27 bits per heavy atom. The molecule has 0 amide bonds. The summed E-state index contributed by atoms with van der Waals surface area (Å²) in [6.07, 6.45) is 4.87. The number of nitrogens with one attached hydrogen (secondary N) is 1. The molecule has 1 aromatic carbocycles. The van der Waals surface area contributed by atoms with Crippen LogP contribution in [-0.4, -0.2) is 31.4 Å². The van der Waals surface area contributed by atoms with Gasteiger partial charge in [-0.25, -0.2) is 13.9 Å². The van der Waals surface area contributed by atoms with E-state index in [9.17, 15) is 14.6 Å². The summed E-state index contributed by atoms with van der Waals surface area (Å²) in [7, 11) is 0. The van der Waals surface area contributed by atoms with E-state index in [-0.39, 0.29) is 16.4 Å². The predicted octanol–water partition coefficient (Wildman–Crippen LogP) is 3.17. The van der Waals surface area contributed by atoms with Crippen molar-refractivity contribution in [1.29, 1.82) is 0 Å². The standard InChI is InChI=1S/C16H12ClFN4O2.C2H6/c17-14-3-4-15-20-8-13(22(15)21-14)16(23,24)10-6-9-2-1-5-19-12(9)7-11(10)18;1-2/h1-4,6-8,19,23-24H,5H2;1-2H3. The molecule has 3 aromatic rings. The Morgan fingerprint density at radius 2 is 2.04 bits per heavy atom. The zero-order valence-electron chi connectivity index (χ0n) is 14.2. The fraction of sp³-hybridized carbons (Fsp3) is 0.222. The number of benzene rings is 1. The van der Waals surface area contributed by atoms with Crippen LogP contribution in [0.1, 0.15) is 30.7 Å². The molecule has 6 nitrogen and oxygen atoms in total. The molecule has 2 aromatic heterocycles. The number of rotatable bonds is 2. The Morgan fingerprint density at radius 3 is 2.81 bits per heavy atom. The third-order valence-electron chi connectivity index (χ3n) is 3.91. The van der Waals surface area contributed by atoms with Crippen LogP contribution in [0.15, 0.2) is 36.5 Å². The van der Waals surface area contributed by atoms with Crippen molar-refractivity contribution in [3.63, 3.8) is 0 Å². The Hall–Kier alpha value is -2.48. The van der Waals surface area contributed by atoms with Crippen LogP contribution in [0.2, 0.25) is 5.15 Å². The number of imidazole rings is 1. The summed E-state index contributed by atoms with van der Waals surface area (Å²) in [6.45, 7) is 4.59. The predicted molar refractivity (Wildman–Crippen MR) is 98.5 cm³/mol. The molecule has 136 valence electrons. The van der Waals surface area contributed by atoms with Gasteiger partial charge in [0.2, 0.25) is 5.79 Å². The summed E-state index contributed by atoms with van der Waals surface area (Å²) < 4.78 is 15.7. The van der Waals surface area contributed by atoms with Gasteiger partial charge in [0, 0.05) is 12.2 Å². The smallest absolute Gasteiger partial charge is 0.239 e. The average Bonchev–Trinajstić information content (AvgIpc) is 3.06. The first-order valence-electron chi connectivity index (χ1n) is 8.17. The molecule has 1 aliphatic rings. The van der Waals surface area contributed by atoms with E-state index in [1.54, 1.807) is 12.1 Å². The zero-order chi connectivity index (χ0) is 18.9. The molecule has 3 N–H and O–H groups in total. The van der Waals surface area contributed by atoms with Crippen molar-refractivity contribution in [2.75, 3.05) is 11.9 Å². The molecular weight excluding hydrogens is 359 g/mol. The molecule has 0 atom stereocenters. The number of hydrogen-bond donors (Lipinski definition) is 3. The van der Waals surface area contributed by atoms with Gasteiger partial charge >= 0.3 is 0 Å². The van der Waals surface area contributed by atoms with Crippen molar-refractivity contribution < 1.29 is 14.6 Å². The molecule has 26 heavy (non-hydrogen) atoms. The van der Waals surface area contributed by atoms with Crippen LogP contribution in [0, 0.1) is 5.82 Å². The van der Waals surface area contributed by atoms with Crippen molar-refractivity contribution in [1.82, 2.24) is 14.6 Å². The van der Waals surface area contributed by atoms with Crippen molar-refractivity contribution in [3.05, 3.63) is 64.3 Å². The first kappa shape index (κ1) is 18.3. The summed E-state index contributed by atoms with van der Waals surface area (Å²) in [6, 6.07) is 5.72. The number of aliphatic hydroxyl groups is 2. The third-order valence-corrected chi connectivity index (χ3v) is 4.11. The summed E-state index contributed by atoms with van der Waals surface area (Å²) in [4.78, 5) is 4.04. The van der Waals surface area contributed by atoms with Gasteiger partial charge in [-0.05, 0) is 29.8 Å². The Balaban J connectivity index is 0.000000948. The highest BCUT2D eigenvalue weighted by molar-refractivity contribution is 6.29. The SMILES string of the molecule is CC.OC(O)(c1cc2c(cc1F)NCC=C2)c1cnc2ccc(Cl)nn12. The molecule has 0 bridgehead atoms. The molecule has 1 aliphatic heterocycles. The molecule has 0 fully saturated rings. The van der Waals surface area contributed by atoms with Gasteiger partial charge in [-0.2, -0.15) is 5.10 Å². The van der Waals surface area contributed by atoms with Crippen molar-refractivity contribution in [2.45, 2.75) is 19.6 Å². The van der Waals surface area contributed by atoms with Gasteiger partial charge in [0.1, 0.15) is 16.7 Å². The summed E-state index contributed by atoms with van der Waals surface area (Å²) in [5, 5.41) is 28.4. The number of hydrogen-bond acceptors (Lipinski definition) is 5. The van der Waals surface area contributed by atoms with E-state index >= 15 is 0 Å². The van der Waals surface area contributed by atoms with Crippen molar-refractivity contribution in [3.8, 4) is 0 Å². The van der Waals surface area contributed by atoms with E-state index in [1.807, 2.05) is 19.9 Å². The third kappa shape index (κ3) is 3.05. The molecule has 0 saturated heterocycles. The molecule has 0 radical (unpaired) electrons. The summed E-state index contributed by atoms with van der Waals surface area (Å²) in [5.74, 6) is -3.37. The van der Waals surface area contributed by atoms with E-state index < -0.39 is 11.6 Å². The van der Waals surface area contributed by atoms with Crippen LogP contribution in [0.25, 0.3) is 11.7 Å². The van der Waals surface area contributed by atoms with Gasteiger partial charge in [0.25, 0.3) is 0 Å². The Bertz CT molecular complexity index is 985. The highest BCUT2D eigenvalue weighted by Gasteiger charge is 2.36. The fourth-order valence-corrected chi connectivity index (χ4v) is 2.87. The number of halogens is 2. The number of aromatic nitrogens is 3. The lowest BCUT2D eigenvalue weighted by atomic mass is 9.97. The first-order chi connectivity index (χ1) is 12.5. The maximum absolute atomic E-state index is 14.5. The van der Waals surface area contributed by atoms with Crippen LogP contribution in [-0.2, 0) is 5.79 Å². The lowest BCUT2D eigenvalue weighted by Crippen LogP contribution is -2.30. The molecule has 0 unspecified atom stereocenters. The second-order valence-corrected chi connectivity index (χ2v) is 5.83. The lowest BCUT2D eigenvalue weighted by Gasteiger charge is -2.24. The normalized spacial score (nSPS) is 13.0. The van der Waals surface area contributed by atoms with E-state index in [0.29, 0.717) is 23.4 Å². The maximum Gasteiger partial charge on any atom is 0.239 e. The summed E-state index contributed by atoms with van der Waals surface area (Å²) >= 11 is 5.86. The largest absolute Gasteiger partial charge is 0.381 e. The molecule has 8 heteroatoms. The van der Waals surface area contributed by atoms with Crippen LogP contribution in [0.3, 0.4) is 0 Å². The second kappa shape index (κ2) is 7.03. The lowest BCUT2D eigenvalue weighted by molar-refractivity contribution is -0.138. The zero-order valence-corrected chi connectivity index (χ0v) is 15.0. The number of nitrogens with zero attached hydrogens (tertiary/aromatic N) is 3. The fourth-order valence-electron chi connectivity index (χ4n) is 2.73. The molecular formula is C18H18ClFN4O2. The number of anilines is 1. The highest BCUT2D eigenvalue weighted by Crippen LogP contribution is 2.33. The monoisotopic (exact) mass is 376 g/mol. The van der Waals surface area contributed by atoms with Crippen LogP contribution < -0.4 is 5.32 Å². The van der Waals surface area contributed by atoms with Gasteiger partial charge < -0.3 is 15.5 Å². The molecule has 0 spiro atoms. The van der Waals surface area contributed by atoms with Gasteiger partial charge in [-0.1, -0.05) is 37.6 Å². The van der Waals surface area contributed by atoms with Crippen LogP contribution in [0.5, 0.6) is 0 Å². The summed E-state index contributed by atoms with van der Waals surface area (Å²) in [5.41, 5.74) is 1.21. The van der Waals surface area contributed by atoms with Crippen molar-refractivity contribution in [2.24, 2.45) is 0 Å². The Labute approximate surface area is 154 Å². The Kier molecular flexibility index (Phi) is 4.95. The quantitative estimate of drug-likeness (QED) is 0.598. The highest BCUT2D eigenvalue weighted by atomic mass is 35.5.